The number of aromatic amines is 1. The second-order valence-electron chi connectivity index (χ2n) is 8.76. The number of carbonyl (C=O) groups excluding carboxylic acids is 4. The number of hydrogen-bond acceptors (Lipinski definition) is 8. The first-order chi connectivity index (χ1) is 18.0. The van der Waals surface area contributed by atoms with E-state index in [1.807, 2.05) is 0 Å². The second kappa shape index (κ2) is 14.4. The number of H-pyrrole nitrogens is 1. The van der Waals surface area contributed by atoms with E-state index in [9.17, 15) is 34.2 Å². The van der Waals surface area contributed by atoms with Gasteiger partial charge in [0.2, 0.25) is 23.6 Å². The molecule has 2 rings (SSSR count). The number of aliphatic hydroxyl groups is 1. The van der Waals surface area contributed by atoms with Gasteiger partial charge in [0.1, 0.15) is 24.2 Å². The maximum atomic E-state index is 13.3. The van der Waals surface area contributed by atoms with Crippen LogP contribution in [-0.4, -0.2) is 80.1 Å². The predicted molar refractivity (Wildman–Crippen MR) is 134 cm³/mol. The Labute approximate surface area is 218 Å². The fourth-order valence-corrected chi connectivity index (χ4v) is 3.46. The van der Waals surface area contributed by atoms with Gasteiger partial charge < -0.3 is 42.6 Å². The Hall–Kier alpha value is -4.30. The molecule has 38 heavy (non-hydrogen) atoms. The summed E-state index contributed by atoms with van der Waals surface area (Å²) < 4.78 is 0. The van der Waals surface area contributed by atoms with Crippen molar-refractivity contribution >= 4 is 29.6 Å². The van der Waals surface area contributed by atoms with Crippen molar-refractivity contribution in [1.29, 1.82) is 0 Å². The lowest BCUT2D eigenvalue weighted by atomic mass is 10.0. The third-order valence-corrected chi connectivity index (χ3v) is 5.64. The summed E-state index contributed by atoms with van der Waals surface area (Å²) in [7, 11) is 0. The molecule has 10 N–H and O–H groups in total. The number of carboxylic acid groups (broad SMARTS) is 1. The van der Waals surface area contributed by atoms with Gasteiger partial charge in [-0.2, -0.15) is 0 Å². The van der Waals surface area contributed by atoms with Crippen LogP contribution in [0.15, 0.2) is 42.9 Å². The van der Waals surface area contributed by atoms with Crippen molar-refractivity contribution in [2.75, 3.05) is 0 Å². The number of aliphatic carboxylic acids is 1. The normalized spacial score (nSPS) is 14.8. The Morgan fingerprint density at radius 1 is 0.947 bits per heavy atom. The number of hydrogen-bond donors (Lipinski definition) is 8. The molecule has 0 aliphatic carbocycles. The van der Waals surface area contributed by atoms with Gasteiger partial charge in [0.05, 0.1) is 12.4 Å². The van der Waals surface area contributed by atoms with E-state index >= 15 is 0 Å². The molecule has 5 unspecified atom stereocenters. The number of aliphatic hydroxyl groups excluding tert-OH is 1. The zero-order valence-corrected chi connectivity index (χ0v) is 20.8. The maximum absolute atomic E-state index is 13.3. The molecular weight excluding hydrogens is 498 g/mol. The number of nitrogens with zero attached hydrogens (tertiary/aromatic N) is 1. The Bertz CT molecular complexity index is 1090. The number of rotatable bonds is 15. The summed E-state index contributed by atoms with van der Waals surface area (Å²) in [6.45, 7) is 1.33. The average molecular weight is 532 g/mol. The van der Waals surface area contributed by atoms with Crippen LogP contribution in [-0.2, 0) is 36.8 Å². The maximum Gasteiger partial charge on any atom is 0.326 e. The number of nitrogens with one attached hydrogen (secondary N) is 4. The molecule has 0 spiro atoms. The van der Waals surface area contributed by atoms with E-state index in [2.05, 4.69) is 25.9 Å². The molecule has 2 aromatic rings. The van der Waals surface area contributed by atoms with Crippen LogP contribution in [0.2, 0.25) is 0 Å². The van der Waals surface area contributed by atoms with Gasteiger partial charge in [-0.15, -0.1) is 0 Å². The highest BCUT2D eigenvalue weighted by Crippen LogP contribution is 2.07. The highest BCUT2D eigenvalue weighted by atomic mass is 16.4. The Morgan fingerprint density at radius 3 is 2.05 bits per heavy atom. The number of amides is 4. The van der Waals surface area contributed by atoms with Crippen LogP contribution in [0.3, 0.4) is 0 Å². The molecule has 14 heteroatoms. The Morgan fingerprint density at radius 2 is 1.53 bits per heavy atom. The second-order valence-corrected chi connectivity index (χ2v) is 8.76. The largest absolute Gasteiger partial charge is 0.480 e. The standard InChI is InChI=1S/C24H33N7O7/c1-13(32)20(26)23(36)31-17(9-14-5-3-2-4-6-14)21(34)30-18(10-15-11-27-12-28-15)22(35)29-16(24(37)38)7-8-19(25)33/h2-6,11-13,16-18,20,32H,7-10,26H2,1H3,(H2,25,33)(H,27,28)(H,29,35)(H,30,34)(H,31,36)(H,37,38). The van der Waals surface area contributed by atoms with E-state index in [0.29, 0.717) is 11.3 Å². The summed E-state index contributed by atoms with van der Waals surface area (Å²) in [5.41, 5.74) is 12.0. The van der Waals surface area contributed by atoms with Gasteiger partial charge in [-0.25, -0.2) is 9.78 Å². The number of nitrogens with two attached hydrogens (primary N) is 2. The zero-order valence-electron chi connectivity index (χ0n) is 20.8. The molecule has 0 aliphatic heterocycles. The minimum absolute atomic E-state index is 0.0414. The Balaban J connectivity index is 2.26. The smallest absolute Gasteiger partial charge is 0.326 e. The Kier molecular flexibility index (Phi) is 11.4. The first kappa shape index (κ1) is 29.9. The van der Waals surface area contributed by atoms with Gasteiger partial charge in [0, 0.05) is 31.2 Å². The number of benzene rings is 1. The van der Waals surface area contributed by atoms with Crippen LogP contribution in [0, 0.1) is 0 Å². The molecule has 0 saturated heterocycles. The number of imidazole rings is 1. The average Bonchev–Trinajstić information content (AvgIpc) is 3.38. The van der Waals surface area contributed by atoms with E-state index in [-0.39, 0.29) is 25.7 Å². The van der Waals surface area contributed by atoms with E-state index in [0.717, 1.165) is 0 Å². The summed E-state index contributed by atoms with van der Waals surface area (Å²) in [4.78, 5) is 68.4. The van der Waals surface area contributed by atoms with Crippen LogP contribution in [0.25, 0.3) is 0 Å². The molecule has 5 atom stereocenters. The zero-order chi connectivity index (χ0) is 28.2. The van der Waals surface area contributed by atoms with Crippen LogP contribution in [0.4, 0.5) is 0 Å². The lowest BCUT2D eigenvalue weighted by molar-refractivity contribution is -0.142. The van der Waals surface area contributed by atoms with Crippen molar-refractivity contribution in [3.8, 4) is 0 Å². The highest BCUT2D eigenvalue weighted by molar-refractivity contribution is 5.94. The van der Waals surface area contributed by atoms with Crippen LogP contribution < -0.4 is 27.4 Å². The minimum Gasteiger partial charge on any atom is -0.480 e. The number of carboxylic acids is 1. The number of aromatic nitrogens is 2. The molecule has 0 radical (unpaired) electrons. The van der Waals surface area contributed by atoms with E-state index in [1.165, 1.54) is 19.4 Å². The third kappa shape index (κ3) is 9.63. The van der Waals surface area contributed by atoms with Gasteiger partial charge >= 0.3 is 5.97 Å². The van der Waals surface area contributed by atoms with E-state index in [4.69, 9.17) is 11.5 Å². The summed E-state index contributed by atoms with van der Waals surface area (Å²) in [6, 6.07) is 3.57. The lowest BCUT2D eigenvalue weighted by Gasteiger charge is -2.25. The molecule has 4 amide bonds. The molecule has 1 aromatic heterocycles. The molecule has 0 saturated carbocycles. The fourth-order valence-electron chi connectivity index (χ4n) is 3.46. The molecule has 0 bridgehead atoms. The molecule has 14 nitrogen and oxygen atoms in total. The highest BCUT2D eigenvalue weighted by Gasteiger charge is 2.31. The van der Waals surface area contributed by atoms with Gasteiger partial charge in [-0.05, 0) is 18.9 Å². The molecule has 1 aromatic carbocycles. The van der Waals surface area contributed by atoms with E-state index < -0.39 is 59.9 Å². The van der Waals surface area contributed by atoms with Crippen molar-refractivity contribution in [3.63, 3.8) is 0 Å². The first-order valence-corrected chi connectivity index (χ1v) is 11.8. The van der Waals surface area contributed by atoms with Crippen LogP contribution in [0.5, 0.6) is 0 Å². The van der Waals surface area contributed by atoms with Crippen molar-refractivity contribution in [3.05, 3.63) is 54.1 Å². The topological polar surface area (TPSA) is 243 Å². The fraction of sp³-hybridized carbons (Fsp3) is 0.417. The monoisotopic (exact) mass is 531 g/mol. The molecule has 206 valence electrons. The lowest BCUT2D eigenvalue weighted by Crippen LogP contribution is -2.59. The summed E-state index contributed by atoms with van der Waals surface area (Å²) in [6.07, 6.45) is 1.06. The number of carbonyl (C=O) groups is 5. The summed E-state index contributed by atoms with van der Waals surface area (Å²) in [5, 5.41) is 26.5. The number of primary amides is 1. The van der Waals surface area contributed by atoms with Crippen molar-refractivity contribution in [2.24, 2.45) is 11.5 Å². The van der Waals surface area contributed by atoms with Gasteiger partial charge in [0.15, 0.2) is 0 Å². The minimum atomic E-state index is -1.43. The molecule has 0 fully saturated rings. The van der Waals surface area contributed by atoms with Gasteiger partial charge in [-0.1, -0.05) is 30.3 Å². The van der Waals surface area contributed by atoms with Gasteiger partial charge in [0.25, 0.3) is 0 Å². The molecule has 0 aliphatic rings. The third-order valence-electron chi connectivity index (χ3n) is 5.64. The van der Waals surface area contributed by atoms with Gasteiger partial charge in [-0.3, -0.25) is 19.2 Å². The summed E-state index contributed by atoms with van der Waals surface area (Å²) >= 11 is 0. The SMILES string of the molecule is CC(O)C(N)C(=O)NC(Cc1ccccc1)C(=O)NC(Cc1cnc[nH]1)C(=O)NC(CCC(N)=O)C(=O)O. The summed E-state index contributed by atoms with van der Waals surface area (Å²) in [5.74, 6) is -4.47. The van der Waals surface area contributed by atoms with Crippen molar-refractivity contribution < 1.29 is 34.2 Å². The molecular formula is C24H33N7O7. The first-order valence-electron chi connectivity index (χ1n) is 11.8. The van der Waals surface area contributed by atoms with Crippen LogP contribution in [0.1, 0.15) is 31.0 Å². The molecule has 1 heterocycles. The predicted octanol–water partition coefficient (Wildman–Crippen LogP) is -2.29. The quantitative estimate of drug-likeness (QED) is 0.123. The van der Waals surface area contributed by atoms with Crippen molar-refractivity contribution in [1.82, 2.24) is 25.9 Å². The van der Waals surface area contributed by atoms with Crippen molar-refractivity contribution in [2.45, 2.75) is 62.9 Å². The van der Waals surface area contributed by atoms with Crippen LogP contribution >= 0.6 is 0 Å². The van der Waals surface area contributed by atoms with E-state index in [1.54, 1.807) is 30.3 Å².